The van der Waals surface area contributed by atoms with Crippen LogP contribution in [-0.4, -0.2) is 12.5 Å². The van der Waals surface area contributed by atoms with Crippen LogP contribution < -0.4 is 0 Å². The van der Waals surface area contributed by atoms with Gasteiger partial charge in [-0.05, 0) is 18.8 Å². The standard InChI is InChI=1S/C9H13FO.C4H10/c10-6-2-1-3-8-4-5-9(11)7-8;1-3-4-2/h1,3,8H,2,4-7H2;3-4H2,1-2H3/b3-1+;. The number of Topliss-reactive ketones (excluding diaryl/α,β-unsaturated/α-hetero) is 1. The summed E-state index contributed by atoms with van der Waals surface area (Å²) in [6.07, 6.45) is 9.29. The summed E-state index contributed by atoms with van der Waals surface area (Å²) in [7, 11) is 0. The third-order valence-corrected chi connectivity index (χ3v) is 2.47. The molecule has 2 heteroatoms. The smallest absolute Gasteiger partial charge is 0.133 e. The van der Waals surface area contributed by atoms with Crippen molar-refractivity contribution in [3.05, 3.63) is 12.2 Å². The maximum absolute atomic E-state index is 11.6. The fourth-order valence-corrected chi connectivity index (χ4v) is 1.36. The fraction of sp³-hybridized carbons (Fsp3) is 0.769. The molecule has 15 heavy (non-hydrogen) atoms. The molecule has 0 bridgehead atoms. The largest absolute Gasteiger partial charge is 0.300 e. The van der Waals surface area contributed by atoms with Crippen LogP contribution in [0.4, 0.5) is 4.39 Å². The molecule has 0 aliphatic heterocycles. The molecule has 0 N–H and O–H groups in total. The lowest BCUT2D eigenvalue weighted by Gasteiger charge is -1.96. The van der Waals surface area contributed by atoms with Gasteiger partial charge < -0.3 is 0 Å². The van der Waals surface area contributed by atoms with Crippen molar-refractivity contribution in [3.63, 3.8) is 0 Å². The first-order valence-electron chi connectivity index (χ1n) is 5.98. The van der Waals surface area contributed by atoms with E-state index in [0.717, 1.165) is 6.42 Å². The highest BCUT2D eigenvalue weighted by Crippen LogP contribution is 2.22. The molecule has 0 aromatic rings. The summed E-state index contributed by atoms with van der Waals surface area (Å²) in [5.74, 6) is 0.744. The molecule has 1 nitrogen and oxygen atoms in total. The monoisotopic (exact) mass is 214 g/mol. The van der Waals surface area contributed by atoms with Gasteiger partial charge in [0, 0.05) is 12.8 Å². The summed E-state index contributed by atoms with van der Waals surface area (Å²) in [6.45, 7) is 4.07. The predicted molar refractivity (Wildman–Crippen MR) is 62.7 cm³/mol. The second kappa shape index (κ2) is 9.88. The highest BCUT2D eigenvalue weighted by Gasteiger charge is 2.18. The van der Waals surface area contributed by atoms with E-state index < -0.39 is 0 Å². The number of allylic oxidation sites excluding steroid dienone is 2. The second-order valence-corrected chi connectivity index (χ2v) is 3.95. The van der Waals surface area contributed by atoms with Gasteiger partial charge in [-0.2, -0.15) is 0 Å². The van der Waals surface area contributed by atoms with Gasteiger partial charge in [-0.1, -0.05) is 38.8 Å². The highest BCUT2D eigenvalue weighted by molar-refractivity contribution is 5.80. The lowest BCUT2D eigenvalue weighted by Crippen LogP contribution is -1.89. The van der Waals surface area contributed by atoms with Crippen LogP contribution >= 0.6 is 0 Å². The van der Waals surface area contributed by atoms with Crippen LogP contribution in [-0.2, 0) is 4.79 Å². The van der Waals surface area contributed by atoms with E-state index in [1.165, 1.54) is 12.8 Å². The Bertz CT molecular complexity index is 185. The van der Waals surface area contributed by atoms with Crippen LogP contribution in [0.15, 0.2) is 12.2 Å². The number of carbonyl (C=O) groups is 1. The maximum atomic E-state index is 11.6. The molecule has 1 saturated carbocycles. The number of alkyl halides is 1. The highest BCUT2D eigenvalue weighted by atomic mass is 19.1. The first kappa shape index (κ1) is 14.3. The van der Waals surface area contributed by atoms with Crippen molar-refractivity contribution in [1.82, 2.24) is 0 Å². The number of halogens is 1. The first-order chi connectivity index (χ1) is 7.24. The van der Waals surface area contributed by atoms with Crippen molar-refractivity contribution < 1.29 is 9.18 Å². The molecule has 1 aliphatic carbocycles. The number of rotatable bonds is 4. The van der Waals surface area contributed by atoms with Crippen LogP contribution in [0.2, 0.25) is 0 Å². The van der Waals surface area contributed by atoms with Crippen LogP contribution in [0, 0.1) is 5.92 Å². The summed E-state index contributed by atoms with van der Waals surface area (Å²) in [6, 6.07) is 0. The summed E-state index contributed by atoms with van der Waals surface area (Å²) >= 11 is 0. The zero-order valence-electron chi connectivity index (χ0n) is 9.97. The van der Waals surface area contributed by atoms with Gasteiger partial charge in [0.15, 0.2) is 0 Å². The minimum absolute atomic E-state index is 0.294. The van der Waals surface area contributed by atoms with Crippen LogP contribution in [0.25, 0.3) is 0 Å². The average Bonchev–Trinajstić information content (AvgIpc) is 2.65. The van der Waals surface area contributed by atoms with Gasteiger partial charge in [-0.3, -0.25) is 9.18 Å². The van der Waals surface area contributed by atoms with Gasteiger partial charge in [-0.15, -0.1) is 0 Å². The molecule has 0 aromatic heterocycles. The maximum Gasteiger partial charge on any atom is 0.133 e. The van der Waals surface area contributed by atoms with E-state index in [-0.39, 0.29) is 6.67 Å². The zero-order valence-corrected chi connectivity index (χ0v) is 9.97. The van der Waals surface area contributed by atoms with E-state index in [2.05, 4.69) is 13.8 Å². The summed E-state index contributed by atoms with van der Waals surface area (Å²) in [5.41, 5.74) is 0. The van der Waals surface area contributed by atoms with E-state index in [9.17, 15) is 9.18 Å². The Hall–Kier alpha value is -0.660. The van der Waals surface area contributed by atoms with Crippen molar-refractivity contribution in [3.8, 4) is 0 Å². The third-order valence-electron chi connectivity index (χ3n) is 2.47. The van der Waals surface area contributed by atoms with E-state index in [1.54, 1.807) is 0 Å². The molecule has 0 radical (unpaired) electrons. The Morgan fingerprint density at radius 1 is 1.40 bits per heavy atom. The first-order valence-corrected chi connectivity index (χ1v) is 5.98. The van der Waals surface area contributed by atoms with E-state index in [0.29, 0.717) is 31.0 Å². The quantitative estimate of drug-likeness (QED) is 0.644. The van der Waals surface area contributed by atoms with Crippen molar-refractivity contribution >= 4 is 5.78 Å². The lowest BCUT2D eigenvalue weighted by molar-refractivity contribution is -0.117. The lowest BCUT2D eigenvalue weighted by atomic mass is 10.1. The summed E-state index contributed by atoms with van der Waals surface area (Å²) in [5, 5.41) is 0. The number of carbonyl (C=O) groups excluding carboxylic acids is 1. The molecule has 1 aliphatic rings. The van der Waals surface area contributed by atoms with Gasteiger partial charge in [0.05, 0.1) is 6.67 Å². The molecule has 0 heterocycles. The normalized spacial score (nSPS) is 20.5. The van der Waals surface area contributed by atoms with Gasteiger partial charge in [0.25, 0.3) is 0 Å². The zero-order chi connectivity index (χ0) is 11.5. The minimum atomic E-state index is -0.294. The molecule has 0 spiro atoms. The third kappa shape index (κ3) is 8.34. The van der Waals surface area contributed by atoms with Gasteiger partial charge in [0.2, 0.25) is 0 Å². The van der Waals surface area contributed by atoms with E-state index >= 15 is 0 Å². The molecule has 0 saturated heterocycles. The van der Waals surface area contributed by atoms with Crippen LogP contribution in [0.1, 0.15) is 52.4 Å². The Balaban J connectivity index is 0.000000423. The summed E-state index contributed by atoms with van der Waals surface area (Å²) in [4.78, 5) is 10.8. The fourth-order valence-electron chi connectivity index (χ4n) is 1.36. The molecule has 1 rings (SSSR count). The van der Waals surface area contributed by atoms with E-state index in [4.69, 9.17) is 0 Å². The minimum Gasteiger partial charge on any atom is -0.300 e. The number of hydrogen-bond acceptors (Lipinski definition) is 1. The van der Waals surface area contributed by atoms with Crippen molar-refractivity contribution in [2.75, 3.05) is 6.67 Å². The molecular formula is C13H23FO. The molecule has 1 fully saturated rings. The van der Waals surface area contributed by atoms with Crippen LogP contribution in [0.5, 0.6) is 0 Å². The molecule has 88 valence electrons. The van der Waals surface area contributed by atoms with E-state index in [1.807, 2.05) is 12.2 Å². The second-order valence-electron chi connectivity index (χ2n) is 3.95. The molecule has 0 amide bonds. The molecule has 1 unspecified atom stereocenters. The Morgan fingerprint density at radius 3 is 2.47 bits per heavy atom. The predicted octanol–water partition coefficient (Wildman–Crippen LogP) is 4.08. The van der Waals surface area contributed by atoms with Crippen molar-refractivity contribution in [2.45, 2.75) is 52.4 Å². The Kier molecular flexibility index (Phi) is 9.44. The average molecular weight is 214 g/mol. The number of hydrogen-bond donors (Lipinski definition) is 0. The summed E-state index contributed by atoms with van der Waals surface area (Å²) < 4.78 is 11.6. The topological polar surface area (TPSA) is 17.1 Å². The van der Waals surface area contributed by atoms with Crippen molar-refractivity contribution in [2.24, 2.45) is 5.92 Å². The number of ketones is 1. The Morgan fingerprint density at radius 2 is 2.07 bits per heavy atom. The van der Waals surface area contributed by atoms with Crippen LogP contribution in [0.3, 0.4) is 0 Å². The molecule has 0 aromatic carbocycles. The van der Waals surface area contributed by atoms with Gasteiger partial charge >= 0.3 is 0 Å². The SMILES string of the molecule is CCCC.O=C1CCC(/C=C/CCF)C1. The number of unbranched alkanes of at least 4 members (excludes halogenated alkanes) is 1. The Labute approximate surface area is 92.8 Å². The molecular weight excluding hydrogens is 191 g/mol. The van der Waals surface area contributed by atoms with Crippen molar-refractivity contribution in [1.29, 1.82) is 0 Å². The molecule has 1 atom stereocenters. The van der Waals surface area contributed by atoms with Gasteiger partial charge in [0.1, 0.15) is 5.78 Å². The van der Waals surface area contributed by atoms with Gasteiger partial charge in [-0.25, -0.2) is 0 Å².